The van der Waals surface area contributed by atoms with Crippen molar-refractivity contribution in [1.29, 1.82) is 0 Å². The van der Waals surface area contributed by atoms with Gasteiger partial charge in [-0.15, -0.1) is 24.0 Å². The second-order valence-electron chi connectivity index (χ2n) is 6.50. The van der Waals surface area contributed by atoms with E-state index < -0.39 is 0 Å². The predicted octanol–water partition coefficient (Wildman–Crippen LogP) is 2.71. The second kappa shape index (κ2) is 15.4. The molecule has 1 saturated heterocycles. The average Bonchev–Trinajstić information content (AvgIpc) is 2.77. The van der Waals surface area contributed by atoms with E-state index in [1.807, 2.05) is 7.05 Å². The number of hydrogen-bond donors (Lipinski definition) is 2. The third kappa shape index (κ3) is 12.9. The molecule has 0 bridgehead atoms. The minimum atomic E-state index is 0. The lowest BCUT2D eigenvalue weighted by atomic mass is 10.2. The van der Waals surface area contributed by atoms with Crippen LogP contribution in [0, 0.1) is 5.92 Å². The topological polar surface area (TPSA) is 48.9 Å². The van der Waals surface area contributed by atoms with Gasteiger partial charge in [0.1, 0.15) is 0 Å². The third-order valence-electron chi connectivity index (χ3n) is 3.85. The van der Waals surface area contributed by atoms with Gasteiger partial charge in [0.15, 0.2) is 5.96 Å². The molecule has 2 N–H and O–H groups in total. The van der Waals surface area contributed by atoms with E-state index in [0.29, 0.717) is 5.92 Å². The van der Waals surface area contributed by atoms with E-state index >= 15 is 0 Å². The van der Waals surface area contributed by atoms with E-state index in [4.69, 9.17) is 4.74 Å². The number of nitrogens with one attached hydrogen (secondary N) is 2. The molecule has 6 heteroatoms. The zero-order chi connectivity index (χ0) is 16.0. The highest BCUT2D eigenvalue weighted by molar-refractivity contribution is 14.0. The van der Waals surface area contributed by atoms with Gasteiger partial charge in [0.05, 0.1) is 0 Å². The zero-order valence-electron chi connectivity index (χ0n) is 15.3. The van der Waals surface area contributed by atoms with Crippen LogP contribution in [0.4, 0.5) is 0 Å². The number of guanidine groups is 1. The molecule has 0 radical (unpaired) electrons. The minimum Gasteiger partial charge on any atom is -0.381 e. The number of rotatable bonds is 9. The first-order valence-electron chi connectivity index (χ1n) is 8.97. The number of hydrogen-bond acceptors (Lipinski definition) is 3. The van der Waals surface area contributed by atoms with Gasteiger partial charge in [-0.25, -0.2) is 0 Å². The Balaban J connectivity index is 0.00000484. The molecule has 5 nitrogen and oxygen atoms in total. The van der Waals surface area contributed by atoms with Crippen LogP contribution in [-0.2, 0) is 4.74 Å². The summed E-state index contributed by atoms with van der Waals surface area (Å²) in [5.41, 5.74) is 0. The molecule has 0 aromatic carbocycles. The van der Waals surface area contributed by atoms with E-state index in [0.717, 1.165) is 45.2 Å². The molecule has 1 heterocycles. The lowest BCUT2D eigenvalue weighted by molar-refractivity contribution is 0.108. The van der Waals surface area contributed by atoms with Crippen LogP contribution >= 0.6 is 24.0 Å². The van der Waals surface area contributed by atoms with Crippen molar-refractivity contribution in [3.05, 3.63) is 0 Å². The summed E-state index contributed by atoms with van der Waals surface area (Å²) >= 11 is 0. The molecule has 0 unspecified atom stereocenters. The SMILES string of the molecule is CN=C(NCCCOCC(C)C)NCCN1CCCCCC1.I. The highest BCUT2D eigenvalue weighted by Crippen LogP contribution is 2.08. The van der Waals surface area contributed by atoms with Crippen LogP contribution < -0.4 is 10.6 Å². The van der Waals surface area contributed by atoms with E-state index in [9.17, 15) is 0 Å². The van der Waals surface area contributed by atoms with Crippen molar-refractivity contribution in [3.8, 4) is 0 Å². The first-order chi connectivity index (χ1) is 10.7. The van der Waals surface area contributed by atoms with Crippen LogP contribution in [0.3, 0.4) is 0 Å². The van der Waals surface area contributed by atoms with Crippen molar-refractivity contribution < 1.29 is 4.74 Å². The summed E-state index contributed by atoms with van der Waals surface area (Å²) in [5.74, 6) is 1.51. The molecule has 1 aliphatic heterocycles. The summed E-state index contributed by atoms with van der Waals surface area (Å²) in [6.45, 7) is 11.5. The van der Waals surface area contributed by atoms with Gasteiger partial charge in [-0.05, 0) is 38.3 Å². The molecule has 0 atom stereocenters. The Labute approximate surface area is 160 Å². The quantitative estimate of drug-likeness (QED) is 0.251. The van der Waals surface area contributed by atoms with Gasteiger partial charge in [-0.2, -0.15) is 0 Å². The predicted molar refractivity (Wildman–Crippen MR) is 110 cm³/mol. The van der Waals surface area contributed by atoms with Gasteiger partial charge in [0, 0.05) is 39.9 Å². The van der Waals surface area contributed by atoms with Crippen LogP contribution in [-0.4, -0.2) is 63.8 Å². The van der Waals surface area contributed by atoms with Gasteiger partial charge in [-0.3, -0.25) is 4.99 Å². The molecule has 0 saturated carbocycles. The highest BCUT2D eigenvalue weighted by Gasteiger charge is 2.08. The summed E-state index contributed by atoms with van der Waals surface area (Å²) < 4.78 is 5.58. The van der Waals surface area contributed by atoms with E-state index in [1.54, 1.807) is 0 Å². The molecule has 138 valence electrons. The summed E-state index contributed by atoms with van der Waals surface area (Å²) in [7, 11) is 1.83. The maximum Gasteiger partial charge on any atom is 0.191 e. The lowest BCUT2D eigenvalue weighted by Gasteiger charge is -2.20. The van der Waals surface area contributed by atoms with Crippen molar-refractivity contribution in [2.24, 2.45) is 10.9 Å². The second-order valence-corrected chi connectivity index (χ2v) is 6.50. The average molecular weight is 440 g/mol. The Morgan fingerprint density at radius 2 is 1.74 bits per heavy atom. The highest BCUT2D eigenvalue weighted by atomic mass is 127. The molecular formula is C17H37IN4O. The Hall–Kier alpha value is -0.0800. The summed E-state index contributed by atoms with van der Waals surface area (Å²) in [5, 5.41) is 6.75. The third-order valence-corrected chi connectivity index (χ3v) is 3.85. The van der Waals surface area contributed by atoms with Crippen LogP contribution in [0.1, 0.15) is 46.0 Å². The normalized spacial score (nSPS) is 16.8. The van der Waals surface area contributed by atoms with Crippen LogP contribution in [0.2, 0.25) is 0 Å². The smallest absolute Gasteiger partial charge is 0.191 e. The van der Waals surface area contributed by atoms with E-state index in [1.165, 1.54) is 38.8 Å². The van der Waals surface area contributed by atoms with Crippen LogP contribution in [0.25, 0.3) is 0 Å². The van der Waals surface area contributed by atoms with Gasteiger partial charge >= 0.3 is 0 Å². The number of nitrogens with zero attached hydrogens (tertiary/aromatic N) is 2. The fourth-order valence-corrected chi connectivity index (χ4v) is 2.61. The van der Waals surface area contributed by atoms with Gasteiger partial charge in [0.2, 0.25) is 0 Å². The van der Waals surface area contributed by atoms with Crippen molar-refractivity contribution in [3.63, 3.8) is 0 Å². The molecule has 0 aromatic heterocycles. The maximum atomic E-state index is 5.58. The van der Waals surface area contributed by atoms with Gasteiger partial charge in [0.25, 0.3) is 0 Å². The maximum absolute atomic E-state index is 5.58. The molecular weight excluding hydrogens is 403 g/mol. The van der Waals surface area contributed by atoms with Crippen molar-refractivity contribution in [2.75, 3.05) is 53.0 Å². The molecule has 0 amide bonds. The Bertz CT molecular complexity index is 292. The van der Waals surface area contributed by atoms with Crippen molar-refractivity contribution in [1.82, 2.24) is 15.5 Å². The number of ether oxygens (including phenoxy) is 1. The van der Waals surface area contributed by atoms with Crippen LogP contribution in [0.15, 0.2) is 4.99 Å². The summed E-state index contributed by atoms with van der Waals surface area (Å²) in [4.78, 5) is 6.83. The Kier molecular flexibility index (Phi) is 15.4. The van der Waals surface area contributed by atoms with Gasteiger partial charge < -0.3 is 20.3 Å². The number of halogens is 1. The van der Waals surface area contributed by atoms with E-state index in [2.05, 4.69) is 34.4 Å². The fraction of sp³-hybridized carbons (Fsp3) is 0.941. The first-order valence-corrected chi connectivity index (χ1v) is 8.97. The minimum absolute atomic E-state index is 0. The van der Waals surface area contributed by atoms with E-state index in [-0.39, 0.29) is 24.0 Å². The standard InChI is InChI=1S/C17H36N4O.HI/c1-16(2)15-22-14-8-9-19-17(18-3)20-10-13-21-11-6-4-5-7-12-21;/h16H,4-15H2,1-3H3,(H2,18,19,20);1H. The molecule has 0 spiro atoms. The Morgan fingerprint density at radius 1 is 1.09 bits per heavy atom. The van der Waals surface area contributed by atoms with Gasteiger partial charge in [-0.1, -0.05) is 26.7 Å². The number of likely N-dealkylation sites (tertiary alicyclic amines) is 1. The summed E-state index contributed by atoms with van der Waals surface area (Å²) in [6, 6.07) is 0. The molecule has 1 fully saturated rings. The first kappa shape index (κ1) is 22.9. The molecule has 1 rings (SSSR count). The molecule has 0 aromatic rings. The lowest BCUT2D eigenvalue weighted by Crippen LogP contribution is -2.42. The molecule has 23 heavy (non-hydrogen) atoms. The molecule has 1 aliphatic rings. The monoisotopic (exact) mass is 440 g/mol. The zero-order valence-corrected chi connectivity index (χ0v) is 17.6. The van der Waals surface area contributed by atoms with Crippen molar-refractivity contribution in [2.45, 2.75) is 46.0 Å². The Morgan fingerprint density at radius 3 is 2.35 bits per heavy atom. The van der Waals surface area contributed by atoms with Crippen molar-refractivity contribution >= 4 is 29.9 Å². The summed E-state index contributed by atoms with van der Waals surface area (Å²) in [6.07, 6.45) is 6.50. The number of aliphatic imine (C=N–C) groups is 1. The largest absolute Gasteiger partial charge is 0.381 e. The fourth-order valence-electron chi connectivity index (χ4n) is 2.61. The van der Waals surface area contributed by atoms with Crippen LogP contribution in [0.5, 0.6) is 0 Å². The molecule has 0 aliphatic carbocycles.